The van der Waals surface area contributed by atoms with Crippen LogP contribution in [0.5, 0.6) is 0 Å². The molecule has 0 aliphatic heterocycles. The van der Waals surface area contributed by atoms with Crippen LogP contribution in [-0.4, -0.2) is 15.3 Å². The topological polar surface area (TPSA) is 52.0 Å². The zero-order valence-corrected chi connectivity index (χ0v) is 11.3. The number of carbonyl (C=O) groups is 1. The molecule has 0 bridgehead atoms. The van der Waals surface area contributed by atoms with E-state index in [1.54, 1.807) is 26.0 Å². The normalized spacial score (nSPS) is 10.5. The van der Waals surface area contributed by atoms with E-state index in [1.807, 2.05) is 25.1 Å². The Hall–Kier alpha value is -2.23. The Labute approximate surface area is 111 Å². The highest BCUT2D eigenvalue weighted by molar-refractivity contribution is 5.97. The number of aryl methyl sites for hydroxylation is 3. The van der Waals surface area contributed by atoms with Crippen LogP contribution in [0.25, 0.3) is 0 Å². The summed E-state index contributed by atoms with van der Waals surface area (Å²) in [6.45, 7) is 5.49. The molecular formula is C15H16N2O2. The molecule has 0 saturated heterocycles. The second-order valence-corrected chi connectivity index (χ2v) is 4.65. The van der Waals surface area contributed by atoms with Gasteiger partial charge in [0.1, 0.15) is 0 Å². The Morgan fingerprint density at radius 2 is 1.89 bits per heavy atom. The molecule has 98 valence electrons. The summed E-state index contributed by atoms with van der Waals surface area (Å²) in [5.74, 6) is -0.0750. The Balaban J connectivity index is 2.35. The highest BCUT2D eigenvalue weighted by Crippen LogP contribution is 2.09. The molecule has 0 N–H and O–H groups in total. The fraction of sp³-hybridized carbons (Fsp3) is 0.267. The lowest BCUT2D eigenvalue weighted by Gasteiger charge is -2.10. The summed E-state index contributed by atoms with van der Waals surface area (Å²) in [4.78, 5) is 27.9. The van der Waals surface area contributed by atoms with Crippen LogP contribution in [0.2, 0.25) is 0 Å². The molecule has 0 spiro atoms. The van der Waals surface area contributed by atoms with Gasteiger partial charge in [-0.3, -0.25) is 9.36 Å². The van der Waals surface area contributed by atoms with Crippen molar-refractivity contribution in [3.8, 4) is 0 Å². The number of carbonyl (C=O) groups excluding carboxylic acids is 1. The summed E-state index contributed by atoms with van der Waals surface area (Å²) in [5.41, 5.74) is 2.61. The molecule has 4 nitrogen and oxygen atoms in total. The van der Waals surface area contributed by atoms with E-state index in [0.717, 1.165) is 11.3 Å². The Morgan fingerprint density at radius 1 is 1.21 bits per heavy atom. The summed E-state index contributed by atoms with van der Waals surface area (Å²) in [6.07, 6.45) is 0. The van der Waals surface area contributed by atoms with Crippen LogP contribution in [0.4, 0.5) is 0 Å². The van der Waals surface area contributed by atoms with Crippen LogP contribution in [0.3, 0.4) is 0 Å². The quantitative estimate of drug-likeness (QED) is 0.790. The lowest BCUT2D eigenvalue weighted by Crippen LogP contribution is -2.29. The first-order valence-corrected chi connectivity index (χ1v) is 6.13. The summed E-state index contributed by atoms with van der Waals surface area (Å²) in [5, 5.41) is 0. The van der Waals surface area contributed by atoms with Gasteiger partial charge in [0.05, 0.1) is 6.54 Å². The smallest absolute Gasteiger partial charge is 0.292 e. The van der Waals surface area contributed by atoms with E-state index in [9.17, 15) is 9.59 Å². The molecule has 19 heavy (non-hydrogen) atoms. The second-order valence-electron chi connectivity index (χ2n) is 4.65. The van der Waals surface area contributed by atoms with Crippen molar-refractivity contribution < 1.29 is 4.79 Å². The van der Waals surface area contributed by atoms with Gasteiger partial charge in [0.15, 0.2) is 5.78 Å². The molecule has 0 aliphatic carbocycles. The fourth-order valence-electron chi connectivity index (χ4n) is 2.08. The molecule has 0 unspecified atom stereocenters. The molecule has 0 aliphatic rings. The van der Waals surface area contributed by atoms with E-state index in [-0.39, 0.29) is 18.0 Å². The molecule has 1 aromatic heterocycles. The van der Waals surface area contributed by atoms with E-state index in [4.69, 9.17) is 0 Å². The predicted octanol–water partition coefficient (Wildman–Crippen LogP) is 2.05. The highest BCUT2D eigenvalue weighted by Gasteiger charge is 2.12. The number of hydrogen-bond acceptors (Lipinski definition) is 3. The number of aromatic nitrogens is 2. The van der Waals surface area contributed by atoms with Gasteiger partial charge in [-0.2, -0.15) is 4.98 Å². The summed E-state index contributed by atoms with van der Waals surface area (Å²) >= 11 is 0. The minimum atomic E-state index is -0.376. The third-order valence-electron chi connectivity index (χ3n) is 3.09. The number of Topliss-reactive ketones (excluding diaryl/α,β-unsaturated/α-hetero) is 1. The highest BCUT2D eigenvalue weighted by atomic mass is 16.2. The number of hydrogen-bond donors (Lipinski definition) is 0. The van der Waals surface area contributed by atoms with Gasteiger partial charge in [0.25, 0.3) is 0 Å². The molecule has 0 radical (unpaired) electrons. The van der Waals surface area contributed by atoms with Gasteiger partial charge in [0.2, 0.25) is 0 Å². The third kappa shape index (κ3) is 2.78. The van der Waals surface area contributed by atoms with Crippen LogP contribution in [0.15, 0.2) is 35.1 Å². The van der Waals surface area contributed by atoms with E-state index < -0.39 is 0 Å². The summed E-state index contributed by atoms with van der Waals surface area (Å²) < 4.78 is 1.40. The first kappa shape index (κ1) is 13.2. The Kier molecular flexibility index (Phi) is 3.60. The SMILES string of the molecule is Cc1cc(C)n(CC(=O)c2ccccc2C)c(=O)n1. The zero-order chi connectivity index (χ0) is 14.0. The number of rotatable bonds is 3. The van der Waals surface area contributed by atoms with E-state index in [0.29, 0.717) is 11.3 Å². The van der Waals surface area contributed by atoms with Crippen molar-refractivity contribution in [1.29, 1.82) is 0 Å². The first-order chi connectivity index (χ1) is 8.99. The average Bonchev–Trinajstić information content (AvgIpc) is 2.34. The van der Waals surface area contributed by atoms with Crippen molar-refractivity contribution >= 4 is 5.78 Å². The van der Waals surface area contributed by atoms with Gasteiger partial charge in [-0.05, 0) is 32.4 Å². The zero-order valence-electron chi connectivity index (χ0n) is 11.3. The first-order valence-electron chi connectivity index (χ1n) is 6.13. The van der Waals surface area contributed by atoms with Crippen LogP contribution in [0, 0.1) is 20.8 Å². The maximum absolute atomic E-state index is 12.2. The monoisotopic (exact) mass is 256 g/mol. The van der Waals surface area contributed by atoms with Crippen molar-refractivity contribution in [3.05, 3.63) is 63.3 Å². The third-order valence-corrected chi connectivity index (χ3v) is 3.09. The van der Waals surface area contributed by atoms with Crippen LogP contribution in [-0.2, 0) is 6.54 Å². The summed E-state index contributed by atoms with van der Waals surface area (Å²) in [6, 6.07) is 9.17. The molecule has 1 heterocycles. The molecule has 0 amide bonds. The van der Waals surface area contributed by atoms with Gasteiger partial charge < -0.3 is 0 Å². The second kappa shape index (κ2) is 5.18. The van der Waals surface area contributed by atoms with E-state index in [1.165, 1.54) is 4.57 Å². The molecule has 0 atom stereocenters. The van der Waals surface area contributed by atoms with Gasteiger partial charge in [0, 0.05) is 17.0 Å². The lowest BCUT2D eigenvalue weighted by atomic mass is 10.0. The van der Waals surface area contributed by atoms with Crippen molar-refractivity contribution in [2.24, 2.45) is 0 Å². The number of nitrogens with zero attached hydrogens (tertiary/aromatic N) is 2. The number of ketones is 1. The van der Waals surface area contributed by atoms with Gasteiger partial charge in [-0.25, -0.2) is 4.79 Å². The van der Waals surface area contributed by atoms with Crippen LogP contribution >= 0.6 is 0 Å². The maximum atomic E-state index is 12.2. The molecule has 2 rings (SSSR count). The molecule has 2 aromatic rings. The molecule has 0 saturated carbocycles. The number of benzene rings is 1. The van der Waals surface area contributed by atoms with Crippen molar-refractivity contribution in [2.45, 2.75) is 27.3 Å². The van der Waals surface area contributed by atoms with Crippen LogP contribution in [0.1, 0.15) is 27.3 Å². The van der Waals surface area contributed by atoms with E-state index in [2.05, 4.69) is 4.98 Å². The van der Waals surface area contributed by atoms with Crippen molar-refractivity contribution in [1.82, 2.24) is 9.55 Å². The fourth-order valence-corrected chi connectivity index (χ4v) is 2.08. The van der Waals surface area contributed by atoms with Crippen molar-refractivity contribution in [3.63, 3.8) is 0 Å². The average molecular weight is 256 g/mol. The molecule has 4 heteroatoms. The van der Waals surface area contributed by atoms with Gasteiger partial charge in [-0.15, -0.1) is 0 Å². The Morgan fingerprint density at radius 3 is 2.53 bits per heavy atom. The lowest BCUT2D eigenvalue weighted by molar-refractivity contribution is 0.0968. The van der Waals surface area contributed by atoms with E-state index >= 15 is 0 Å². The summed E-state index contributed by atoms with van der Waals surface area (Å²) in [7, 11) is 0. The predicted molar refractivity (Wildman–Crippen MR) is 73.5 cm³/mol. The minimum Gasteiger partial charge on any atom is -0.292 e. The molecule has 1 aromatic carbocycles. The maximum Gasteiger partial charge on any atom is 0.348 e. The minimum absolute atomic E-state index is 0.0306. The Bertz CT molecular complexity index is 687. The van der Waals surface area contributed by atoms with Crippen LogP contribution < -0.4 is 5.69 Å². The molecular weight excluding hydrogens is 240 g/mol. The van der Waals surface area contributed by atoms with Crippen molar-refractivity contribution in [2.75, 3.05) is 0 Å². The largest absolute Gasteiger partial charge is 0.348 e. The van der Waals surface area contributed by atoms with Gasteiger partial charge in [-0.1, -0.05) is 24.3 Å². The molecule has 0 fully saturated rings. The standard InChI is InChI=1S/C15H16N2O2/c1-10-6-4-5-7-13(10)14(18)9-17-12(3)8-11(2)16-15(17)19/h4-8H,9H2,1-3H3. The van der Waals surface area contributed by atoms with Gasteiger partial charge >= 0.3 is 5.69 Å².